The van der Waals surface area contributed by atoms with Crippen LogP contribution in [0.5, 0.6) is 5.75 Å². The average Bonchev–Trinajstić information content (AvgIpc) is 2.90. The van der Waals surface area contributed by atoms with E-state index in [9.17, 15) is 14.3 Å². The van der Waals surface area contributed by atoms with Crippen molar-refractivity contribution in [2.45, 2.75) is 6.61 Å². The lowest BCUT2D eigenvalue weighted by atomic mass is 10.2. The van der Waals surface area contributed by atoms with E-state index in [0.717, 1.165) is 43.2 Å². The van der Waals surface area contributed by atoms with E-state index in [1.807, 2.05) is 36.4 Å². The van der Waals surface area contributed by atoms with Gasteiger partial charge in [-0.1, -0.05) is 0 Å². The molecule has 0 aliphatic carbocycles. The summed E-state index contributed by atoms with van der Waals surface area (Å²) in [4.78, 5) is 22.0. The van der Waals surface area contributed by atoms with Gasteiger partial charge in [0.1, 0.15) is 11.6 Å². The van der Waals surface area contributed by atoms with Gasteiger partial charge in [-0.15, -0.1) is 0 Å². The fourth-order valence-electron chi connectivity index (χ4n) is 4.35. The number of pyridine rings is 1. The summed E-state index contributed by atoms with van der Waals surface area (Å²) >= 11 is 0. The van der Waals surface area contributed by atoms with Crippen LogP contribution in [0.25, 0.3) is 5.65 Å². The Labute approximate surface area is 201 Å². The smallest absolute Gasteiger partial charge is 0.265 e. The summed E-state index contributed by atoms with van der Waals surface area (Å²) in [6.07, 6.45) is 1.60. The highest BCUT2D eigenvalue weighted by molar-refractivity contribution is 5.66. The number of benzene rings is 2. The van der Waals surface area contributed by atoms with Crippen LogP contribution < -0.4 is 25.4 Å². The number of nitrogens with one attached hydrogen (secondary N) is 1. The second-order valence-corrected chi connectivity index (χ2v) is 8.29. The zero-order valence-electron chi connectivity index (χ0n) is 19.3. The van der Waals surface area contributed by atoms with Crippen LogP contribution in [0.15, 0.2) is 71.7 Å². The first kappa shape index (κ1) is 22.7. The number of ether oxygens (including phenoxy) is 1. The van der Waals surface area contributed by atoms with Gasteiger partial charge >= 0.3 is 0 Å². The first-order chi connectivity index (χ1) is 17.1. The normalized spacial score (nSPS) is 13.8. The average molecular weight is 476 g/mol. The van der Waals surface area contributed by atoms with Crippen molar-refractivity contribution in [1.82, 2.24) is 9.38 Å². The summed E-state index contributed by atoms with van der Waals surface area (Å²) in [5, 5.41) is 13.0. The highest BCUT2D eigenvalue weighted by Crippen LogP contribution is 2.25. The monoisotopic (exact) mass is 475 g/mol. The molecule has 3 heterocycles. The minimum absolute atomic E-state index is 0.178. The van der Waals surface area contributed by atoms with Gasteiger partial charge in [-0.05, 0) is 60.7 Å². The minimum Gasteiger partial charge on any atom is -0.493 e. The van der Waals surface area contributed by atoms with Gasteiger partial charge < -0.3 is 25.0 Å². The summed E-state index contributed by atoms with van der Waals surface area (Å²) in [5.41, 5.74) is 3.06. The molecular formula is C26H26FN5O3. The van der Waals surface area contributed by atoms with Crippen LogP contribution in [-0.2, 0) is 6.61 Å². The van der Waals surface area contributed by atoms with Gasteiger partial charge in [0, 0.05) is 49.4 Å². The highest BCUT2D eigenvalue weighted by atomic mass is 19.1. The van der Waals surface area contributed by atoms with Gasteiger partial charge in [-0.2, -0.15) is 0 Å². The molecule has 0 radical (unpaired) electrons. The molecule has 35 heavy (non-hydrogen) atoms. The lowest BCUT2D eigenvalue weighted by Crippen LogP contribution is -2.46. The number of aliphatic hydroxyl groups is 1. The molecule has 0 bridgehead atoms. The molecule has 5 rings (SSSR count). The topological polar surface area (TPSA) is 82.3 Å². The van der Waals surface area contributed by atoms with E-state index in [1.165, 1.54) is 23.6 Å². The third-order valence-corrected chi connectivity index (χ3v) is 6.26. The summed E-state index contributed by atoms with van der Waals surface area (Å²) in [6.45, 7) is 2.95. The molecule has 0 saturated carbocycles. The number of anilines is 4. The summed E-state index contributed by atoms with van der Waals surface area (Å²) < 4.78 is 19.9. The molecule has 2 aromatic heterocycles. The highest BCUT2D eigenvalue weighted by Gasteiger charge is 2.18. The molecule has 1 aliphatic rings. The van der Waals surface area contributed by atoms with Crippen LogP contribution in [0.4, 0.5) is 27.3 Å². The molecular weight excluding hydrogens is 449 g/mol. The first-order valence-corrected chi connectivity index (χ1v) is 11.4. The van der Waals surface area contributed by atoms with E-state index in [0.29, 0.717) is 17.2 Å². The molecule has 0 amide bonds. The van der Waals surface area contributed by atoms with E-state index in [2.05, 4.69) is 20.1 Å². The molecule has 8 nitrogen and oxygen atoms in total. The molecule has 9 heteroatoms. The van der Waals surface area contributed by atoms with Crippen LogP contribution in [0, 0.1) is 5.82 Å². The second kappa shape index (κ2) is 9.63. The Morgan fingerprint density at radius 2 is 1.57 bits per heavy atom. The van der Waals surface area contributed by atoms with Crippen molar-refractivity contribution in [1.29, 1.82) is 0 Å². The third-order valence-electron chi connectivity index (χ3n) is 6.26. The fraction of sp³-hybridized carbons (Fsp3) is 0.231. The standard InChI is InChI=1S/C26H26FN5O3/c1-35-23-3-2-12-32-25(23)29-24(22(17-33)26(32)34)28-19-6-10-21(11-7-19)31-15-13-30(14-16-31)20-8-4-18(27)5-9-20/h2-12,28,33H,13-17H2,1H3. The lowest BCUT2D eigenvalue weighted by molar-refractivity contribution is 0.280. The molecule has 1 fully saturated rings. The van der Waals surface area contributed by atoms with Gasteiger partial charge in [0.25, 0.3) is 5.56 Å². The summed E-state index contributed by atoms with van der Waals surface area (Å²) in [7, 11) is 1.52. The molecule has 2 aromatic carbocycles. The third kappa shape index (κ3) is 4.50. The van der Waals surface area contributed by atoms with Crippen molar-refractivity contribution < 1.29 is 14.2 Å². The van der Waals surface area contributed by atoms with Crippen LogP contribution in [0.3, 0.4) is 0 Å². The minimum atomic E-state index is -0.440. The van der Waals surface area contributed by atoms with Crippen molar-refractivity contribution in [3.63, 3.8) is 0 Å². The predicted molar refractivity (Wildman–Crippen MR) is 134 cm³/mol. The number of nitrogens with zero attached hydrogens (tertiary/aromatic N) is 4. The van der Waals surface area contributed by atoms with Gasteiger partial charge in [0.15, 0.2) is 11.4 Å². The van der Waals surface area contributed by atoms with Crippen molar-refractivity contribution >= 4 is 28.5 Å². The SMILES string of the molecule is COc1cccn2c(=O)c(CO)c(Nc3ccc(N4CCN(c5ccc(F)cc5)CC4)cc3)nc12. The largest absolute Gasteiger partial charge is 0.493 e. The maximum absolute atomic E-state index is 13.2. The van der Waals surface area contributed by atoms with Crippen LogP contribution in [0.2, 0.25) is 0 Å². The maximum atomic E-state index is 13.2. The number of methoxy groups -OCH3 is 1. The van der Waals surface area contributed by atoms with Crippen molar-refractivity contribution in [3.05, 3.63) is 88.6 Å². The number of hydrogen-bond acceptors (Lipinski definition) is 7. The molecule has 1 aliphatic heterocycles. The van der Waals surface area contributed by atoms with Gasteiger partial charge in [-0.3, -0.25) is 9.20 Å². The van der Waals surface area contributed by atoms with E-state index < -0.39 is 6.61 Å². The van der Waals surface area contributed by atoms with Crippen LogP contribution in [-0.4, -0.2) is 47.8 Å². The van der Waals surface area contributed by atoms with E-state index in [4.69, 9.17) is 4.74 Å². The molecule has 1 saturated heterocycles. The number of halogens is 1. The van der Waals surface area contributed by atoms with Crippen molar-refractivity contribution in [3.8, 4) is 5.75 Å². The van der Waals surface area contributed by atoms with Gasteiger partial charge in [-0.25, -0.2) is 9.37 Å². The van der Waals surface area contributed by atoms with E-state index >= 15 is 0 Å². The summed E-state index contributed by atoms with van der Waals surface area (Å²) in [5.74, 6) is 0.533. The van der Waals surface area contributed by atoms with Crippen molar-refractivity contribution in [2.75, 3.05) is 48.4 Å². The molecule has 0 spiro atoms. The summed E-state index contributed by atoms with van der Waals surface area (Å²) in [6, 6.07) is 17.9. The van der Waals surface area contributed by atoms with Crippen LogP contribution in [0.1, 0.15) is 5.56 Å². The lowest BCUT2D eigenvalue weighted by Gasteiger charge is -2.37. The molecule has 180 valence electrons. The number of aliphatic hydroxyl groups excluding tert-OH is 1. The van der Waals surface area contributed by atoms with E-state index in [-0.39, 0.29) is 16.9 Å². The Hall–Kier alpha value is -4.11. The number of fused-ring (bicyclic) bond motifs is 1. The molecule has 4 aromatic rings. The van der Waals surface area contributed by atoms with Crippen LogP contribution >= 0.6 is 0 Å². The zero-order valence-corrected chi connectivity index (χ0v) is 19.3. The Balaban J connectivity index is 1.32. The Bertz CT molecular complexity index is 1380. The zero-order chi connectivity index (χ0) is 24.4. The number of piperazine rings is 1. The maximum Gasteiger partial charge on any atom is 0.265 e. The quantitative estimate of drug-likeness (QED) is 0.442. The second-order valence-electron chi connectivity index (χ2n) is 8.29. The number of hydrogen-bond donors (Lipinski definition) is 2. The Morgan fingerprint density at radius 3 is 2.14 bits per heavy atom. The number of rotatable bonds is 6. The molecule has 0 unspecified atom stereocenters. The van der Waals surface area contributed by atoms with E-state index in [1.54, 1.807) is 18.3 Å². The number of aromatic nitrogens is 2. The fourth-order valence-corrected chi connectivity index (χ4v) is 4.35. The molecule has 0 atom stereocenters. The van der Waals surface area contributed by atoms with Gasteiger partial charge in [0.05, 0.1) is 19.3 Å². The molecule has 2 N–H and O–H groups in total. The van der Waals surface area contributed by atoms with Gasteiger partial charge in [0.2, 0.25) is 0 Å². The predicted octanol–water partition coefficient (Wildman–Crippen LogP) is 3.40. The Morgan fingerprint density at radius 1 is 0.971 bits per heavy atom. The first-order valence-electron chi connectivity index (χ1n) is 11.4. The Kier molecular flexibility index (Phi) is 6.24. The van der Waals surface area contributed by atoms with Crippen molar-refractivity contribution in [2.24, 2.45) is 0 Å².